The van der Waals surface area contributed by atoms with Crippen LogP contribution in [0.5, 0.6) is 0 Å². The summed E-state index contributed by atoms with van der Waals surface area (Å²) in [6.45, 7) is 5.45. The molecule has 0 amide bonds. The van der Waals surface area contributed by atoms with E-state index < -0.39 is 0 Å². The molecule has 0 N–H and O–H groups in total. The Balaban J connectivity index is 1.70. The van der Waals surface area contributed by atoms with Gasteiger partial charge in [-0.3, -0.25) is 0 Å². The van der Waals surface area contributed by atoms with Crippen molar-refractivity contribution in [3.63, 3.8) is 0 Å². The first-order valence-electron chi connectivity index (χ1n) is 6.01. The Morgan fingerprint density at radius 2 is 2.38 bits per heavy atom. The quantitative estimate of drug-likeness (QED) is 0.529. The van der Waals surface area contributed by atoms with Crippen LogP contribution in [0.3, 0.4) is 0 Å². The summed E-state index contributed by atoms with van der Waals surface area (Å²) in [5, 5.41) is 0. The summed E-state index contributed by atoms with van der Waals surface area (Å²) >= 11 is 0. The number of allylic oxidation sites excluding steroid dienone is 2. The zero-order chi connectivity index (χ0) is 11.2. The Morgan fingerprint density at radius 3 is 3.12 bits per heavy atom. The average Bonchev–Trinajstić information content (AvgIpc) is 2.79. The molecule has 0 radical (unpaired) electrons. The first-order valence-corrected chi connectivity index (χ1v) is 6.01. The van der Waals surface area contributed by atoms with Crippen molar-refractivity contribution >= 4 is 0 Å². The molecule has 0 bridgehead atoms. The summed E-state index contributed by atoms with van der Waals surface area (Å²) in [6, 6.07) is 0. The van der Waals surface area contributed by atoms with Gasteiger partial charge in [0.25, 0.3) is 0 Å². The molecule has 0 aromatic carbocycles. The second-order valence-corrected chi connectivity index (χ2v) is 4.33. The monoisotopic (exact) mass is 224 g/mol. The SMILES string of the molecule is C=CCOC[C@H]1CO[C@@H]([C@H]2CC=CCC2)O1. The highest BCUT2D eigenvalue weighted by atomic mass is 16.7. The second kappa shape index (κ2) is 6.18. The molecule has 0 aromatic rings. The Labute approximate surface area is 97.1 Å². The summed E-state index contributed by atoms with van der Waals surface area (Å²) in [6.07, 6.45) is 9.66. The molecule has 0 aromatic heterocycles. The number of hydrogen-bond acceptors (Lipinski definition) is 3. The van der Waals surface area contributed by atoms with Crippen molar-refractivity contribution in [1.29, 1.82) is 0 Å². The molecule has 0 unspecified atom stereocenters. The van der Waals surface area contributed by atoms with Gasteiger partial charge in [0.15, 0.2) is 6.29 Å². The van der Waals surface area contributed by atoms with E-state index in [9.17, 15) is 0 Å². The summed E-state index contributed by atoms with van der Waals surface area (Å²) in [5.74, 6) is 0.523. The van der Waals surface area contributed by atoms with E-state index in [2.05, 4.69) is 18.7 Å². The van der Waals surface area contributed by atoms with Crippen LogP contribution in [-0.2, 0) is 14.2 Å². The lowest BCUT2D eigenvalue weighted by Crippen LogP contribution is -2.25. The summed E-state index contributed by atoms with van der Waals surface area (Å²) in [5.41, 5.74) is 0. The number of hydrogen-bond donors (Lipinski definition) is 0. The van der Waals surface area contributed by atoms with Crippen molar-refractivity contribution in [2.45, 2.75) is 31.7 Å². The lowest BCUT2D eigenvalue weighted by atomic mass is 9.94. The molecule has 1 fully saturated rings. The molecule has 2 rings (SSSR count). The largest absolute Gasteiger partial charge is 0.375 e. The first kappa shape index (κ1) is 11.8. The van der Waals surface area contributed by atoms with E-state index in [4.69, 9.17) is 14.2 Å². The lowest BCUT2D eigenvalue weighted by Gasteiger charge is -2.23. The third-order valence-corrected chi connectivity index (χ3v) is 3.01. The smallest absolute Gasteiger partial charge is 0.161 e. The first-order chi connectivity index (χ1) is 7.90. The zero-order valence-corrected chi connectivity index (χ0v) is 9.64. The molecule has 1 aliphatic heterocycles. The van der Waals surface area contributed by atoms with Crippen LogP contribution in [0, 0.1) is 5.92 Å². The minimum absolute atomic E-state index is 0.0257. The maximum Gasteiger partial charge on any atom is 0.161 e. The molecule has 1 heterocycles. The third kappa shape index (κ3) is 3.17. The normalized spacial score (nSPS) is 34.1. The van der Waals surface area contributed by atoms with E-state index in [0.717, 1.165) is 12.8 Å². The van der Waals surface area contributed by atoms with Crippen LogP contribution < -0.4 is 0 Å². The maximum atomic E-state index is 5.83. The van der Waals surface area contributed by atoms with E-state index in [1.807, 2.05) is 0 Å². The minimum Gasteiger partial charge on any atom is -0.375 e. The van der Waals surface area contributed by atoms with Gasteiger partial charge in [-0.2, -0.15) is 0 Å². The van der Waals surface area contributed by atoms with E-state index >= 15 is 0 Å². The van der Waals surface area contributed by atoms with Crippen molar-refractivity contribution in [3.05, 3.63) is 24.8 Å². The van der Waals surface area contributed by atoms with Gasteiger partial charge in [0.1, 0.15) is 6.10 Å². The van der Waals surface area contributed by atoms with Gasteiger partial charge in [0.05, 0.1) is 19.8 Å². The third-order valence-electron chi connectivity index (χ3n) is 3.01. The van der Waals surface area contributed by atoms with Gasteiger partial charge in [-0.1, -0.05) is 18.2 Å². The highest BCUT2D eigenvalue weighted by molar-refractivity contribution is 4.91. The molecular weight excluding hydrogens is 204 g/mol. The van der Waals surface area contributed by atoms with Gasteiger partial charge in [0, 0.05) is 5.92 Å². The van der Waals surface area contributed by atoms with Gasteiger partial charge >= 0.3 is 0 Å². The van der Waals surface area contributed by atoms with E-state index in [1.54, 1.807) is 6.08 Å². The Morgan fingerprint density at radius 1 is 1.44 bits per heavy atom. The van der Waals surface area contributed by atoms with E-state index in [1.165, 1.54) is 6.42 Å². The molecule has 1 saturated heterocycles. The molecule has 0 saturated carbocycles. The predicted molar refractivity (Wildman–Crippen MR) is 62.1 cm³/mol. The molecule has 0 spiro atoms. The topological polar surface area (TPSA) is 27.7 Å². The average molecular weight is 224 g/mol. The summed E-state index contributed by atoms with van der Waals surface area (Å²) < 4.78 is 16.9. The maximum absolute atomic E-state index is 5.83. The molecule has 2 aliphatic rings. The van der Waals surface area contributed by atoms with Crippen molar-refractivity contribution in [2.75, 3.05) is 19.8 Å². The van der Waals surface area contributed by atoms with Crippen LogP contribution >= 0.6 is 0 Å². The number of rotatable bonds is 5. The fourth-order valence-electron chi connectivity index (χ4n) is 2.15. The number of ether oxygens (including phenoxy) is 3. The van der Waals surface area contributed by atoms with E-state index in [-0.39, 0.29) is 12.4 Å². The van der Waals surface area contributed by atoms with Gasteiger partial charge in [-0.15, -0.1) is 6.58 Å². The Hall–Kier alpha value is -0.640. The predicted octanol–water partition coefficient (Wildman–Crippen LogP) is 2.29. The molecular formula is C13H20O3. The highest BCUT2D eigenvalue weighted by Gasteiger charge is 2.32. The standard InChI is InChI=1S/C13H20O3/c1-2-8-14-9-12-10-15-13(16-12)11-6-4-3-5-7-11/h2-4,11-13H,1,5-10H2/t11-,12-,13+/m0/s1. The van der Waals surface area contributed by atoms with Gasteiger partial charge in [-0.05, 0) is 19.3 Å². The van der Waals surface area contributed by atoms with Gasteiger partial charge in [-0.25, -0.2) is 0 Å². The second-order valence-electron chi connectivity index (χ2n) is 4.33. The fourth-order valence-corrected chi connectivity index (χ4v) is 2.15. The van der Waals surface area contributed by atoms with Gasteiger partial charge < -0.3 is 14.2 Å². The Bertz CT molecular complexity index is 250. The van der Waals surface area contributed by atoms with Gasteiger partial charge in [0.2, 0.25) is 0 Å². The van der Waals surface area contributed by atoms with Crippen molar-refractivity contribution in [2.24, 2.45) is 5.92 Å². The van der Waals surface area contributed by atoms with Crippen LogP contribution in [0.4, 0.5) is 0 Å². The van der Waals surface area contributed by atoms with Crippen LogP contribution in [-0.4, -0.2) is 32.2 Å². The summed E-state index contributed by atoms with van der Waals surface area (Å²) in [7, 11) is 0. The Kier molecular flexibility index (Phi) is 4.57. The van der Waals surface area contributed by atoms with Crippen LogP contribution in [0.25, 0.3) is 0 Å². The van der Waals surface area contributed by atoms with Crippen LogP contribution in [0.15, 0.2) is 24.8 Å². The molecule has 3 heteroatoms. The zero-order valence-electron chi connectivity index (χ0n) is 9.64. The molecule has 1 aliphatic carbocycles. The van der Waals surface area contributed by atoms with Crippen molar-refractivity contribution < 1.29 is 14.2 Å². The van der Waals surface area contributed by atoms with Crippen molar-refractivity contribution in [1.82, 2.24) is 0 Å². The molecule has 3 atom stereocenters. The lowest BCUT2D eigenvalue weighted by molar-refractivity contribution is -0.106. The highest BCUT2D eigenvalue weighted by Crippen LogP contribution is 2.28. The minimum atomic E-state index is -0.0257. The molecule has 16 heavy (non-hydrogen) atoms. The van der Waals surface area contributed by atoms with E-state index in [0.29, 0.717) is 25.7 Å². The van der Waals surface area contributed by atoms with Crippen molar-refractivity contribution in [3.8, 4) is 0 Å². The summed E-state index contributed by atoms with van der Waals surface area (Å²) in [4.78, 5) is 0. The fraction of sp³-hybridized carbons (Fsp3) is 0.692. The van der Waals surface area contributed by atoms with Crippen LogP contribution in [0.2, 0.25) is 0 Å². The molecule has 3 nitrogen and oxygen atoms in total. The molecule has 90 valence electrons. The van der Waals surface area contributed by atoms with Crippen LogP contribution in [0.1, 0.15) is 19.3 Å².